The molecule has 1 aliphatic rings. The lowest BCUT2D eigenvalue weighted by Crippen LogP contribution is -2.55. The lowest BCUT2D eigenvalue weighted by molar-refractivity contribution is 0.544. The molecule has 0 aromatic carbocycles. The number of anilines is 2. The molecule has 7 nitrogen and oxygen atoms in total. The molecule has 0 amide bonds. The van der Waals surface area contributed by atoms with Crippen molar-refractivity contribution in [3.63, 3.8) is 0 Å². The minimum absolute atomic E-state index is 0.253. The number of rotatable bonds is 3. The van der Waals surface area contributed by atoms with Gasteiger partial charge in [0.2, 0.25) is 0 Å². The van der Waals surface area contributed by atoms with Gasteiger partial charge in [0.1, 0.15) is 17.4 Å². The van der Waals surface area contributed by atoms with Crippen molar-refractivity contribution in [3.05, 3.63) is 48.0 Å². The highest BCUT2D eigenvalue weighted by Crippen LogP contribution is 2.25. The van der Waals surface area contributed by atoms with Crippen LogP contribution in [0.1, 0.15) is 11.3 Å². The topological polar surface area (TPSA) is 82.1 Å². The first-order valence-electron chi connectivity index (χ1n) is 7.42. The lowest BCUT2D eigenvalue weighted by atomic mass is 10.1. The number of hydrogen-bond acceptors (Lipinski definition) is 6. The second kappa shape index (κ2) is 5.25. The Kier molecular flexibility index (Phi) is 3.08. The van der Waals surface area contributed by atoms with Crippen LogP contribution < -0.4 is 10.2 Å². The van der Waals surface area contributed by atoms with Crippen molar-refractivity contribution in [2.24, 2.45) is 0 Å². The van der Waals surface area contributed by atoms with E-state index in [0.29, 0.717) is 11.4 Å². The summed E-state index contributed by atoms with van der Waals surface area (Å²) in [5.41, 5.74) is 2.55. The molecule has 4 heterocycles. The zero-order valence-electron chi connectivity index (χ0n) is 12.6. The molecule has 1 saturated heterocycles. The SMILES string of the molecule is Cc1cc2c(N3CC(Nc4ncccc4C#N)C3)nccn2n1. The average Bonchev–Trinajstić information content (AvgIpc) is 2.91. The van der Waals surface area contributed by atoms with Gasteiger partial charge < -0.3 is 10.2 Å². The number of fused-ring (bicyclic) bond motifs is 1. The van der Waals surface area contributed by atoms with Gasteiger partial charge in [0.05, 0.1) is 17.3 Å². The van der Waals surface area contributed by atoms with Crippen LogP contribution in [0.2, 0.25) is 0 Å². The van der Waals surface area contributed by atoms with Crippen LogP contribution >= 0.6 is 0 Å². The molecule has 4 rings (SSSR count). The molecular weight excluding hydrogens is 290 g/mol. The van der Waals surface area contributed by atoms with E-state index in [2.05, 4.69) is 31.4 Å². The molecule has 0 unspecified atom stereocenters. The Balaban J connectivity index is 1.50. The van der Waals surface area contributed by atoms with Gasteiger partial charge in [-0.05, 0) is 25.1 Å². The number of aromatic nitrogens is 4. The Morgan fingerprint density at radius 2 is 2.17 bits per heavy atom. The summed E-state index contributed by atoms with van der Waals surface area (Å²) in [5.74, 6) is 1.58. The molecule has 3 aromatic rings. The number of hydrogen-bond donors (Lipinski definition) is 1. The van der Waals surface area contributed by atoms with Gasteiger partial charge in [-0.1, -0.05) is 0 Å². The van der Waals surface area contributed by atoms with Gasteiger partial charge in [-0.25, -0.2) is 14.5 Å². The number of nitriles is 1. The zero-order chi connectivity index (χ0) is 15.8. The van der Waals surface area contributed by atoms with Gasteiger partial charge in [0.25, 0.3) is 0 Å². The van der Waals surface area contributed by atoms with Crippen molar-refractivity contribution in [3.8, 4) is 6.07 Å². The predicted octanol–water partition coefficient (Wildman–Crippen LogP) is 1.61. The summed E-state index contributed by atoms with van der Waals surface area (Å²) < 4.78 is 1.85. The molecular formula is C16H15N7. The van der Waals surface area contributed by atoms with E-state index >= 15 is 0 Å². The summed E-state index contributed by atoms with van der Waals surface area (Å²) in [6.07, 6.45) is 5.31. The van der Waals surface area contributed by atoms with E-state index in [9.17, 15) is 0 Å². The Labute approximate surface area is 133 Å². The zero-order valence-corrected chi connectivity index (χ0v) is 12.6. The van der Waals surface area contributed by atoms with Gasteiger partial charge in [-0.2, -0.15) is 10.4 Å². The molecule has 0 bridgehead atoms. The molecule has 0 aliphatic carbocycles. The van der Waals surface area contributed by atoms with Gasteiger partial charge in [0.15, 0.2) is 5.82 Å². The maximum absolute atomic E-state index is 9.11. The normalized spacial score (nSPS) is 14.5. The first-order valence-corrected chi connectivity index (χ1v) is 7.42. The van der Waals surface area contributed by atoms with Crippen LogP contribution in [0, 0.1) is 18.3 Å². The Morgan fingerprint density at radius 3 is 3.00 bits per heavy atom. The summed E-state index contributed by atoms with van der Waals surface area (Å²) in [5, 5.41) is 16.9. The van der Waals surface area contributed by atoms with Gasteiger partial charge in [-0.15, -0.1) is 0 Å². The minimum Gasteiger partial charge on any atom is -0.363 e. The van der Waals surface area contributed by atoms with Crippen LogP contribution in [0.4, 0.5) is 11.6 Å². The molecule has 1 N–H and O–H groups in total. The van der Waals surface area contributed by atoms with E-state index in [0.717, 1.165) is 30.1 Å². The maximum atomic E-state index is 9.11. The van der Waals surface area contributed by atoms with E-state index in [1.807, 2.05) is 23.7 Å². The molecule has 3 aromatic heterocycles. The molecule has 7 heteroatoms. The fraction of sp³-hybridized carbons (Fsp3) is 0.250. The molecule has 114 valence electrons. The third-order valence-electron chi connectivity index (χ3n) is 3.94. The van der Waals surface area contributed by atoms with E-state index in [-0.39, 0.29) is 6.04 Å². The molecule has 0 saturated carbocycles. The second-order valence-electron chi connectivity index (χ2n) is 5.62. The van der Waals surface area contributed by atoms with Gasteiger partial charge >= 0.3 is 0 Å². The monoisotopic (exact) mass is 305 g/mol. The van der Waals surface area contributed by atoms with Crippen LogP contribution in [0.25, 0.3) is 5.52 Å². The second-order valence-corrected chi connectivity index (χ2v) is 5.62. The summed E-state index contributed by atoms with van der Waals surface area (Å²) >= 11 is 0. The molecule has 0 radical (unpaired) electrons. The average molecular weight is 305 g/mol. The summed E-state index contributed by atoms with van der Waals surface area (Å²) in [6, 6.07) is 7.98. The van der Waals surface area contributed by atoms with Gasteiger partial charge in [0, 0.05) is 31.7 Å². The maximum Gasteiger partial charge on any atom is 0.154 e. The van der Waals surface area contributed by atoms with Crippen LogP contribution in [0.3, 0.4) is 0 Å². The highest BCUT2D eigenvalue weighted by Gasteiger charge is 2.30. The summed E-state index contributed by atoms with van der Waals surface area (Å²) in [6.45, 7) is 3.61. The third-order valence-corrected chi connectivity index (χ3v) is 3.94. The molecule has 1 aliphatic heterocycles. The quantitative estimate of drug-likeness (QED) is 0.791. The van der Waals surface area contributed by atoms with E-state index in [1.54, 1.807) is 24.5 Å². The molecule has 23 heavy (non-hydrogen) atoms. The Morgan fingerprint density at radius 1 is 1.30 bits per heavy atom. The smallest absolute Gasteiger partial charge is 0.154 e. The standard InChI is InChI=1S/C16H15N7/c1-11-7-14-16(19-5-6-23(14)21-11)22-9-13(10-22)20-15-12(8-17)3-2-4-18-15/h2-7,13H,9-10H2,1H3,(H,18,20). The van der Waals surface area contributed by atoms with Crippen LogP contribution in [0.5, 0.6) is 0 Å². The Hall–Kier alpha value is -3.14. The number of aryl methyl sites for hydroxylation is 1. The minimum atomic E-state index is 0.253. The van der Waals surface area contributed by atoms with Crippen molar-refractivity contribution in [2.45, 2.75) is 13.0 Å². The fourth-order valence-corrected chi connectivity index (χ4v) is 2.82. The number of pyridine rings is 1. The molecule has 0 atom stereocenters. The first-order chi connectivity index (χ1) is 11.2. The van der Waals surface area contributed by atoms with Crippen molar-refractivity contribution in [1.29, 1.82) is 5.26 Å². The molecule has 1 fully saturated rings. The highest BCUT2D eigenvalue weighted by atomic mass is 15.3. The third kappa shape index (κ3) is 2.34. The van der Waals surface area contributed by atoms with Crippen molar-refractivity contribution in [2.75, 3.05) is 23.3 Å². The van der Waals surface area contributed by atoms with E-state index in [4.69, 9.17) is 5.26 Å². The van der Waals surface area contributed by atoms with Crippen molar-refractivity contribution >= 4 is 17.2 Å². The highest BCUT2D eigenvalue weighted by molar-refractivity contribution is 5.70. The molecule has 0 spiro atoms. The fourth-order valence-electron chi connectivity index (χ4n) is 2.82. The summed E-state index contributed by atoms with van der Waals surface area (Å²) in [7, 11) is 0. The van der Waals surface area contributed by atoms with Crippen LogP contribution in [-0.2, 0) is 0 Å². The predicted molar refractivity (Wildman–Crippen MR) is 86.3 cm³/mol. The number of nitrogens with zero attached hydrogens (tertiary/aromatic N) is 6. The summed E-state index contributed by atoms with van der Waals surface area (Å²) in [4.78, 5) is 10.9. The van der Waals surface area contributed by atoms with E-state index in [1.165, 1.54) is 0 Å². The number of nitrogens with one attached hydrogen (secondary N) is 1. The van der Waals surface area contributed by atoms with Crippen molar-refractivity contribution in [1.82, 2.24) is 19.6 Å². The van der Waals surface area contributed by atoms with Crippen LogP contribution in [-0.4, -0.2) is 38.7 Å². The Bertz CT molecular complexity index is 902. The van der Waals surface area contributed by atoms with Crippen LogP contribution in [0.15, 0.2) is 36.8 Å². The van der Waals surface area contributed by atoms with Crippen molar-refractivity contribution < 1.29 is 0 Å². The first kappa shape index (κ1) is 13.5. The van der Waals surface area contributed by atoms with E-state index < -0.39 is 0 Å². The lowest BCUT2D eigenvalue weighted by Gasteiger charge is -2.40. The largest absolute Gasteiger partial charge is 0.363 e. The van der Waals surface area contributed by atoms with Gasteiger partial charge in [-0.3, -0.25) is 0 Å².